The Morgan fingerprint density at radius 1 is 1.38 bits per heavy atom. The number of aryl methyl sites for hydroxylation is 2. The first-order chi connectivity index (χ1) is 11.6. The molecule has 1 aliphatic carbocycles. The topological polar surface area (TPSA) is 61.2 Å². The summed E-state index contributed by atoms with van der Waals surface area (Å²) in [7, 11) is 0. The molecule has 0 fully saturated rings. The molecule has 5 nitrogen and oxygen atoms in total. The molecule has 1 unspecified atom stereocenters. The second kappa shape index (κ2) is 7.47. The Kier molecular flexibility index (Phi) is 5.33. The molecule has 2 aromatic rings. The van der Waals surface area contributed by atoms with Gasteiger partial charge in [-0.1, -0.05) is 19.8 Å². The fraction of sp³-hybridized carbons (Fsp3) is 0.611. The standard InChI is InChI=1S/C18H24N2O3S/c1-3-4-7-10-23-18(22)12(2)20-11-19-16-15(17(20)21)13-8-5-6-9-14(13)24-16/h11-12H,3-10H2,1-2H3. The van der Waals surface area contributed by atoms with Gasteiger partial charge in [0, 0.05) is 4.88 Å². The number of nitrogens with zero attached hydrogens (tertiary/aromatic N) is 2. The van der Waals surface area contributed by atoms with E-state index in [1.807, 2.05) is 0 Å². The Morgan fingerprint density at radius 3 is 2.96 bits per heavy atom. The van der Waals surface area contributed by atoms with Gasteiger partial charge in [0.1, 0.15) is 10.9 Å². The van der Waals surface area contributed by atoms with E-state index in [4.69, 9.17) is 4.74 Å². The summed E-state index contributed by atoms with van der Waals surface area (Å²) in [6.45, 7) is 4.22. The third-order valence-electron chi connectivity index (χ3n) is 4.65. The van der Waals surface area contributed by atoms with Crippen molar-refractivity contribution in [2.45, 2.75) is 64.8 Å². The maximum absolute atomic E-state index is 12.9. The Labute approximate surface area is 145 Å². The van der Waals surface area contributed by atoms with Gasteiger partial charge >= 0.3 is 5.97 Å². The second-order valence-corrected chi connectivity index (χ2v) is 7.48. The number of carbonyl (C=O) groups excluding carboxylic acids is 1. The molecule has 0 saturated heterocycles. The molecular weight excluding hydrogens is 324 g/mol. The van der Waals surface area contributed by atoms with E-state index < -0.39 is 6.04 Å². The van der Waals surface area contributed by atoms with E-state index in [1.54, 1.807) is 18.3 Å². The van der Waals surface area contributed by atoms with Crippen molar-refractivity contribution < 1.29 is 9.53 Å². The largest absolute Gasteiger partial charge is 0.464 e. The number of hydrogen-bond donors (Lipinski definition) is 0. The van der Waals surface area contributed by atoms with Crippen LogP contribution in [-0.4, -0.2) is 22.1 Å². The van der Waals surface area contributed by atoms with Crippen LogP contribution < -0.4 is 5.56 Å². The van der Waals surface area contributed by atoms with E-state index in [9.17, 15) is 9.59 Å². The SMILES string of the molecule is CCCCCOC(=O)C(C)n1cnc2sc3c(c2c1=O)CCCC3. The van der Waals surface area contributed by atoms with Crippen molar-refractivity contribution in [1.82, 2.24) is 9.55 Å². The lowest BCUT2D eigenvalue weighted by molar-refractivity contribution is -0.147. The van der Waals surface area contributed by atoms with Crippen molar-refractivity contribution in [2.75, 3.05) is 6.61 Å². The van der Waals surface area contributed by atoms with Crippen LogP contribution >= 0.6 is 11.3 Å². The highest BCUT2D eigenvalue weighted by Gasteiger charge is 2.23. The maximum atomic E-state index is 12.9. The third-order valence-corrected chi connectivity index (χ3v) is 5.85. The highest BCUT2D eigenvalue weighted by molar-refractivity contribution is 7.18. The average Bonchev–Trinajstić information content (AvgIpc) is 2.97. The van der Waals surface area contributed by atoms with Gasteiger partial charge in [-0.15, -0.1) is 11.3 Å². The molecule has 130 valence electrons. The lowest BCUT2D eigenvalue weighted by Crippen LogP contribution is -2.30. The Morgan fingerprint density at radius 2 is 2.17 bits per heavy atom. The predicted molar refractivity (Wildman–Crippen MR) is 95.7 cm³/mol. The lowest BCUT2D eigenvalue weighted by atomic mass is 9.97. The minimum Gasteiger partial charge on any atom is -0.464 e. The van der Waals surface area contributed by atoms with Gasteiger partial charge in [-0.2, -0.15) is 0 Å². The van der Waals surface area contributed by atoms with E-state index in [0.717, 1.165) is 48.9 Å². The van der Waals surface area contributed by atoms with Crippen LogP contribution in [0.25, 0.3) is 10.2 Å². The predicted octanol–water partition coefficient (Wildman–Crippen LogP) is 3.63. The van der Waals surface area contributed by atoms with Crippen molar-refractivity contribution in [3.05, 3.63) is 27.1 Å². The first-order valence-electron chi connectivity index (χ1n) is 8.81. The molecule has 0 saturated carbocycles. The smallest absolute Gasteiger partial charge is 0.328 e. The summed E-state index contributed by atoms with van der Waals surface area (Å²) in [5.41, 5.74) is 1.04. The minimum atomic E-state index is -0.643. The van der Waals surface area contributed by atoms with Gasteiger partial charge in [0.2, 0.25) is 0 Å². The van der Waals surface area contributed by atoms with E-state index in [2.05, 4.69) is 11.9 Å². The summed E-state index contributed by atoms with van der Waals surface area (Å²) < 4.78 is 6.72. The number of thiophene rings is 1. The van der Waals surface area contributed by atoms with Crippen molar-refractivity contribution in [2.24, 2.45) is 0 Å². The number of unbranched alkanes of at least 4 members (excludes halogenated alkanes) is 2. The van der Waals surface area contributed by atoms with Crippen molar-refractivity contribution in [3.8, 4) is 0 Å². The van der Waals surface area contributed by atoms with Crippen LogP contribution in [0.4, 0.5) is 0 Å². The lowest BCUT2D eigenvalue weighted by Gasteiger charge is -2.14. The molecule has 24 heavy (non-hydrogen) atoms. The fourth-order valence-electron chi connectivity index (χ4n) is 3.19. The third kappa shape index (κ3) is 3.24. The van der Waals surface area contributed by atoms with Crippen LogP contribution in [-0.2, 0) is 22.4 Å². The van der Waals surface area contributed by atoms with Gasteiger partial charge in [-0.3, -0.25) is 9.36 Å². The van der Waals surface area contributed by atoms with E-state index in [0.29, 0.717) is 12.0 Å². The molecule has 0 aromatic carbocycles. The van der Waals surface area contributed by atoms with Gasteiger partial charge < -0.3 is 4.74 Å². The minimum absolute atomic E-state index is 0.114. The van der Waals surface area contributed by atoms with E-state index in [-0.39, 0.29) is 11.5 Å². The number of ether oxygens (including phenoxy) is 1. The quantitative estimate of drug-likeness (QED) is 0.591. The molecule has 0 aliphatic heterocycles. The van der Waals surface area contributed by atoms with Gasteiger partial charge in [0.05, 0.1) is 18.3 Å². The summed E-state index contributed by atoms with van der Waals surface area (Å²) in [6.07, 6.45) is 8.73. The summed E-state index contributed by atoms with van der Waals surface area (Å²) in [6, 6.07) is -0.643. The molecule has 0 spiro atoms. The molecule has 2 aromatic heterocycles. The molecule has 0 bridgehead atoms. The van der Waals surface area contributed by atoms with Crippen molar-refractivity contribution in [1.29, 1.82) is 0 Å². The van der Waals surface area contributed by atoms with Gasteiger partial charge in [0.25, 0.3) is 5.56 Å². The van der Waals surface area contributed by atoms with E-state index >= 15 is 0 Å². The number of carbonyl (C=O) groups is 1. The molecule has 1 atom stereocenters. The van der Waals surface area contributed by atoms with Crippen LogP contribution in [0.5, 0.6) is 0 Å². The van der Waals surface area contributed by atoms with Crippen LogP contribution in [0.1, 0.15) is 62.4 Å². The molecule has 2 heterocycles. The van der Waals surface area contributed by atoms with Gasteiger partial charge in [-0.05, 0) is 44.6 Å². The zero-order valence-electron chi connectivity index (χ0n) is 14.3. The number of esters is 1. The molecule has 3 rings (SSSR count). The van der Waals surface area contributed by atoms with Crippen LogP contribution in [0, 0.1) is 0 Å². The number of fused-ring (bicyclic) bond motifs is 3. The highest BCUT2D eigenvalue weighted by Crippen LogP contribution is 2.33. The zero-order chi connectivity index (χ0) is 17.1. The summed E-state index contributed by atoms with van der Waals surface area (Å²) in [5, 5.41) is 0.711. The van der Waals surface area contributed by atoms with Crippen molar-refractivity contribution >= 4 is 27.5 Å². The van der Waals surface area contributed by atoms with Crippen LogP contribution in [0.15, 0.2) is 11.1 Å². The maximum Gasteiger partial charge on any atom is 0.328 e. The number of hydrogen-bond acceptors (Lipinski definition) is 5. The Balaban J connectivity index is 1.85. The average molecular weight is 348 g/mol. The molecular formula is C18H24N2O3S. The molecule has 6 heteroatoms. The zero-order valence-corrected chi connectivity index (χ0v) is 15.2. The first kappa shape index (κ1) is 17.1. The fourth-order valence-corrected chi connectivity index (χ4v) is 4.41. The Hall–Kier alpha value is -1.69. The number of aromatic nitrogens is 2. The van der Waals surface area contributed by atoms with Gasteiger partial charge in [0.15, 0.2) is 0 Å². The van der Waals surface area contributed by atoms with Crippen LogP contribution in [0.2, 0.25) is 0 Å². The normalized spacial score (nSPS) is 15.2. The first-order valence-corrected chi connectivity index (χ1v) is 9.63. The molecule has 1 aliphatic rings. The summed E-state index contributed by atoms with van der Waals surface area (Å²) in [4.78, 5) is 31.6. The highest BCUT2D eigenvalue weighted by atomic mass is 32.1. The number of rotatable bonds is 6. The van der Waals surface area contributed by atoms with Crippen molar-refractivity contribution in [3.63, 3.8) is 0 Å². The summed E-state index contributed by atoms with van der Waals surface area (Å²) in [5.74, 6) is -0.363. The van der Waals surface area contributed by atoms with Gasteiger partial charge in [-0.25, -0.2) is 9.78 Å². The monoisotopic (exact) mass is 348 g/mol. The van der Waals surface area contributed by atoms with Crippen LogP contribution in [0.3, 0.4) is 0 Å². The molecule has 0 N–H and O–H groups in total. The Bertz CT molecular complexity index is 793. The molecule has 0 amide bonds. The second-order valence-electron chi connectivity index (χ2n) is 6.40. The van der Waals surface area contributed by atoms with E-state index in [1.165, 1.54) is 22.2 Å². The summed E-state index contributed by atoms with van der Waals surface area (Å²) >= 11 is 1.62. The molecule has 0 radical (unpaired) electrons.